The number of rotatable bonds is 0. The molecule has 0 aliphatic heterocycles. The zero-order valence-corrected chi connectivity index (χ0v) is 8.72. The van der Waals surface area contributed by atoms with Crippen LogP contribution in [0.3, 0.4) is 0 Å². The van der Waals surface area contributed by atoms with Crippen LogP contribution in [0.2, 0.25) is 0 Å². The normalized spacial score (nSPS) is 0. The molecule has 4 heavy (non-hydrogen) atoms. The zero-order valence-electron chi connectivity index (χ0n) is 2.02. The van der Waals surface area contributed by atoms with Gasteiger partial charge in [0.1, 0.15) is 0 Å². The van der Waals surface area contributed by atoms with E-state index >= 15 is 0 Å². The van der Waals surface area contributed by atoms with Crippen molar-refractivity contribution in [1.82, 2.24) is 0 Å². The summed E-state index contributed by atoms with van der Waals surface area (Å²) in [4.78, 5) is 0. The summed E-state index contributed by atoms with van der Waals surface area (Å²) < 4.78 is 0. The van der Waals surface area contributed by atoms with Crippen LogP contribution in [-0.2, 0) is 27.0 Å². The molecule has 0 aromatic rings. The number of hydrogen-bond donors (Lipinski definition) is 0. The van der Waals surface area contributed by atoms with E-state index in [1.807, 2.05) is 0 Å². The molecule has 0 aromatic heterocycles. The van der Waals surface area contributed by atoms with Gasteiger partial charge in [0.25, 0.3) is 0 Å². The third-order valence-electron chi connectivity index (χ3n) is 0. The molecule has 0 bridgehead atoms. The first-order chi connectivity index (χ1) is 0. The van der Waals surface area contributed by atoms with E-state index in [-0.39, 0.29) is 62.5 Å². The first kappa shape index (κ1) is 41.2. The average Bonchev–Trinajstić information content (AvgIpc) is 0. The third-order valence-corrected chi connectivity index (χ3v) is 0. The van der Waals surface area contributed by atoms with Gasteiger partial charge in [-0.3, -0.25) is 0 Å². The molecule has 0 radical (unpaired) electrons. The van der Waals surface area contributed by atoms with Crippen LogP contribution in [-0.4, -0.2) is 35.6 Å². The molecular formula is H3AsGeS2. The van der Waals surface area contributed by atoms with Crippen molar-refractivity contribution in [1.29, 1.82) is 0 Å². The minimum atomic E-state index is 0. The van der Waals surface area contributed by atoms with E-state index in [0.29, 0.717) is 0 Å². The Bertz CT molecular complexity index is 6.00. The zero-order chi connectivity index (χ0) is 0. The second kappa shape index (κ2) is 21.4. The summed E-state index contributed by atoms with van der Waals surface area (Å²) in [6.45, 7) is 0. The van der Waals surface area contributed by atoms with Gasteiger partial charge in [0.2, 0.25) is 0 Å². The molecule has 0 fully saturated rings. The maximum Gasteiger partial charge on any atom is 4.00 e. The van der Waals surface area contributed by atoms with Crippen molar-refractivity contribution >= 4 is 62.5 Å². The fourth-order valence-electron chi connectivity index (χ4n) is 0. The molecule has 0 saturated heterocycles. The van der Waals surface area contributed by atoms with Crippen molar-refractivity contribution in [3.63, 3.8) is 0 Å². The second-order valence-electron chi connectivity index (χ2n) is 0. The number of hydrogen-bond acceptors (Lipinski definition) is 0. The Morgan fingerprint density at radius 2 is 0.750 bits per heavy atom. The van der Waals surface area contributed by atoms with Crippen LogP contribution >= 0.6 is 0 Å². The Balaban J connectivity index is 0. The Labute approximate surface area is 62.3 Å². The molecule has 0 aliphatic rings. The SMILES string of the molecule is [AsH3].[Ge+4].[S-2].[S-2]. The van der Waals surface area contributed by atoms with Crippen molar-refractivity contribution in [2.24, 2.45) is 0 Å². The minimum absolute atomic E-state index is 0. The van der Waals surface area contributed by atoms with Crippen LogP contribution in [0.5, 0.6) is 0 Å². The quantitative estimate of drug-likeness (QED) is 0.428. The van der Waals surface area contributed by atoms with Crippen LogP contribution in [0.1, 0.15) is 0 Å². The second-order valence-corrected chi connectivity index (χ2v) is 0. The predicted molar refractivity (Wildman–Crippen MR) is 30.4 cm³/mol. The molecular weight excluding hydrogens is 212 g/mol. The van der Waals surface area contributed by atoms with Gasteiger partial charge in [-0.2, -0.15) is 0 Å². The van der Waals surface area contributed by atoms with Gasteiger partial charge < -0.3 is 27.0 Å². The molecule has 0 aliphatic carbocycles. The molecule has 0 N–H and O–H groups in total. The van der Waals surface area contributed by atoms with Crippen LogP contribution in [0, 0.1) is 0 Å². The largest absolute Gasteiger partial charge is 4.00 e. The first-order valence-electron chi connectivity index (χ1n) is 0. The fourth-order valence-corrected chi connectivity index (χ4v) is 0. The molecule has 0 aromatic carbocycles. The van der Waals surface area contributed by atoms with E-state index in [9.17, 15) is 0 Å². The van der Waals surface area contributed by atoms with Crippen LogP contribution in [0.4, 0.5) is 0 Å². The molecule has 1 atom stereocenters. The van der Waals surface area contributed by atoms with Crippen molar-refractivity contribution in [2.45, 2.75) is 0 Å². The van der Waals surface area contributed by atoms with Crippen LogP contribution in [0.15, 0.2) is 0 Å². The van der Waals surface area contributed by atoms with Gasteiger partial charge in [-0.1, -0.05) is 0 Å². The summed E-state index contributed by atoms with van der Waals surface area (Å²) in [5, 5.41) is 0. The summed E-state index contributed by atoms with van der Waals surface area (Å²) in [5.41, 5.74) is 0. The molecule has 0 nitrogen and oxygen atoms in total. The van der Waals surface area contributed by atoms with Gasteiger partial charge in [-0.05, 0) is 0 Å². The van der Waals surface area contributed by atoms with Crippen molar-refractivity contribution in [3.8, 4) is 0 Å². The minimum Gasteiger partial charge on any atom is -2.00 e. The third kappa shape index (κ3) is 9.19. The van der Waals surface area contributed by atoms with Gasteiger partial charge in [0.05, 0.1) is 0 Å². The summed E-state index contributed by atoms with van der Waals surface area (Å²) >= 11 is 0. The van der Waals surface area contributed by atoms with Crippen molar-refractivity contribution < 1.29 is 0 Å². The Morgan fingerprint density at radius 3 is 0.750 bits per heavy atom. The van der Waals surface area contributed by atoms with Crippen molar-refractivity contribution in [2.75, 3.05) is 0 Å². The van der Waals surface area contributed by atoms with E-state index in [4.69, 9.17) is 0 Å². The smallest absolute Gasteiger partial charge is 2.00 e. The van der Waals surface area contributed by atoms with Gasteiger partial charge >= 0.3 is 35.6 Å². The van der Waals surface area contributed by atoms with Gasteiger partial charge in [0, 0.05) is 0 Å². The molecule has 0 amide bonds. The van der Waals surface area contributed by atoms with Gasteiger partial charge in [-0.15, -0.1) is 0 Å². The topological polar surface area (TPSA) is 0 Å². The average molecular weight is 215 g/mol. The maximum absolute atomic E-state index is 0. The summed E-state index contributed by atoms with van der Waals surface area (Å²) in [6.07, 6.45) is 0. The Hall–Kier alpha value is 1.80. The molecule has 1 unspecified atom stereocenters. The first-order valence-corrected chi connectivity index (χ1v) is 0. The molecule has 24 valence electrons. The molecule has 0 rings (SSSR count). The van der Waals surface area contributed by atoms with E-state index < -0.39 is 0 Å². The summed E-state index contributed by atoms with van der Waals surface area (Å²) in [5.74, 6) is 0. The Morgan fingerprint density at radius 1 is 0.750 bits per heavy atom. The fraction of sp³-hybridized carbons (Fsp3) is 0. The van der Waals surface area contributed by atoms with Crippen LogP contribution in [0.25, 0.3) is 0 Å². The van der Waals surface area contributed by atoms with Crippen LogP contribution < -0.4 is 0 Å². The maximum atomic E-state index is 0. The van der Waals surface area contributed by atoms with E-state index in [0.717, 1.165) is 0 Å². The molecule has 0 heterocycles. The Kier molecular flexibility index (Phi) is 220. The van der Waals surface area contributed by atoms with E-state index in [1.165, 1.54) is 0 Å². The summed E-state index contributed by atoms with van der Waals surface area (Å²) in [7, 11) is 0. The van der Waals surface area contributed by atoms with Gasteiger partial charge in [-0.25, -0.2) is 0 Å². The molecule has 0 saturated carbocycles. The standard InChI is InChI=1S/AsH3.Ge.2S/h1H3;;;/q;+4;2*-2. The molecule has 0 spiro atoms. The predicted octanol–water partition coefficient (Wildman–Crippen LogP) is -1.57. The van der Waals surface area contributed by atoms with E-state index in [1.54, 1.807) is 0 Å². The van der Waals surface area contributed by atoms with Gasteiger partial charge in [0.15, 0.2) is 0 Å². The summed E-state index contributed by atoms with van der Waals surface area (Å²) in [6, 6.07) is 0. The van der Waals surface area contributed by atoms with Crippen molar-refractivity contribution in [3.05, 3.63) is 0 Å². The molecule has 4 heteroatoms. The van der Waals surface area contributed by atoms with E-state index in [2.05, 4.69) is 0 Å². The monoisotopic (exact) mass is 216 g/mol.